The molecule has 1 aromatic heterocycles. The number of rotatable bonds is 6. The zero-order chi connectivity index (χ0) is 24.4. The molecule has 0 amide bonds. The lowest BCUT2D eigenvalue weighted by Crippen LogP contribution is -2.49. The largest absolute Gasteiger partial charge is 0.371 e. The summed E-state index contributed by atoms with van der Waals surface area (Å²) in [4.78, 5) is 2.19. The lowest BCUT2D eigenvalue weighted by atomic mass is 9.98. The Hall–Kier alpha value is -2.52. The topological polar surface area (TPSA) is 71.3 Å². The molecule has 2 saturated heterocycles. The van der Waals surface area contributed by atoms with E-state index in [1.54, 1.807) is 29.1 Å². The average Bonchev–Trinajstić information content (AvgIpc) is 3.42. The monoisotopic (exact) mass is 499 g/mol. The smallest absolute Gasteiger partial charge is 0.221 e. The van der Waals surface area contributed by atoms with Gasteiger partial charge in [0.15, 0.2) is 0 Å². The molecule has 188 valence electrons. The summed E-state index contributed by atoms with van der Waals surface area (Å²) in [5.74, 6) is -0.340. The van der Waals surface area contributed by atoms with Gasteiger partial charge in [0.1, 0.15) is 23.7 Å². The highest BCUT2D eigenvalue weighted by Crippen LogP contribution is 2.36. The van der Waals surface area contributed by atoms with Gasteiger partial charge in [-0.15, -0.1) is 10.2 Å². The maximum Gasteiger partial charge on any atom is 0.221 e. The van der Waals surface area contributed by atoms with E-state index in [4.69, 9.17) is 0 Å². The van der Waals surface area contributed by atoms with Crippen molar-refractivity contribution < 1.29 is 12.8 Å². The molecule has 0 saturated carbocycles. The van der Waals surface area contributed by atoms with Crippen LogP contribution >= 0.6 is 0 Å². The first-order valence-electron chi connectivity index (χ1n) is 12.7. The highest BCUT2D eigenvalue weighted by atomic mass is 32.2. The molecule has 0 radical (unpaired) electrons. The first-order chi connectivity index (χ1) is 17.0. The number of benzene rings is 1. The molecular weight excluding hydrogens is 465 g/mol. The standard InChI is InChI=1S/C26H34FN5O2S/c1-2-22-10-11-26(20-6-4-3-5-7-20)35(33,34)32(22)17-21-8-9-24(16-25(21)27)30-14-12-23(13-15-30)31-18-28-29-19-31/h4,6-9,16,18-19,22-23,26H,2-3,5,10-15,17H2,1H3. The van der Waals surface area contributed by atoms with Gasteiger partial charge in [-0.25, -0.2) is 12.8 Å². The van der Waals surface area contributed by atoms with Crippen molar-refractivity contribution >= 4 is 15.7 Å². The van der Waals surface area contributed by atoms with E-state index in [0.29, 0.717) is 18.0 Å². The van der Waals surface area contributed by atoms with Crippen LogP contribution < -0.4 is 4.90 Å². The minimum Gasteiger partial charge on any atom is -0.371 e. The van der Waals surface area contributed by atoms with Crippen molar-refractivity contribution in [2.75, 3.05) is 18.0 Å². The van der Waals surface area contributed by atoms with Crippen molar-refractivity contribution in [3.05, 3.63) is 66.0 Å². The van der Waals surface area contributed by atoms with E-state index < -0.39 is 15.3 Å². The van der Waals surface area contributed by atoms with Gasteiger partial charge in [-0.3, -0.25) is 0 Å². The molecule has 0 bridgehead atoms. The first-order valence-corrected chi connectivity index (χ1v) is 14.2. The molecule has 1 aliphatic carbocycles. The quantitative estimate of drug-likeness (QED) is 0.581. The molecule has 2 unspecified atom stereocenters. The van der Waals surface area contributed by atoms with Crippen LogP contribution in [-0.4, -0.2) is 51.9 Å². The predicted molar refractivity (Wildman–Crippen MR) is 135 cm³/mol. The molecule has 2 fully saturated rings. The number of aromatic nitrogens is 3. The van der Waals surface area contributed by atoms with Gasteiger partial charge < -0.3 is 9.47 Å². The van der Waals surface area contributed by atoms with Crippen molar-refractivity contribution in [1.29, 1.82) is 0 Å². The normalized spacial score (nSPS) is 25.5. The summed E-state index contributed by atoms with van der Waals surface area (Å²) in [5.41, 5.74) is 2.17. The number of halogens is 1. The summed E-state index contributed by atoms with van der Waals surface area (Å²) in [6, 6.07) is 5.53. The van der Waals surface area contributed by atoms with Gasteiger partial charge in [0, 0.05) is 43.0 Å². The highest BCUT2D eigenvalue weighted by molar-refractivity contribution is 7.90. The third-order valence-corrected chi connectivity index (χ3v) is 10.1. The SMILES string of the molecule is CCC1CCC(C2=CCCC=C2)S(=O)(=O)N1Cc1ccc(N2CCC(n3cnnc3)CC2)cc1F. The van der Waals surface area contributed by atoms with E-state index in [0.717, 1.165) is 62.9 Å². The van der Waals surface area contributed by atoms with Crippen LogP contribution in [0.2, 0.25) is 0 Å². The number of allylic oxidation sites excluding steroid dienone is 3. The summed E-state index contributed by atoms with van der Waals surface area (Å²) in [7, 11) is -3.57. The van der Waals surface area contributed by atoms with Crippen molar-refractivity contribution in [2.45, 2.75) is 75.7 Å². The number of nitrogens with zero attached hydrogens (tertiary/aromatic N) is 5. The lowest BCUT2D eigenvalue weighted by Gasteiger charge is -2.39. The summed E-state index contributed by atoms with van der Waals surface area (Å²) in [6.45, 7) is 3.74. The molecule has 2 aliphatic heterocycles. The minimum absolute atomic E-state index is 0.0795. The zero-order valence-corrected chi connectivity index (χ0v) is 21.1. The molecule has 2 aromatic rings. The zero-order valence-electron chi connectivity index (χ0n) is 20.3. The van der Waals surface area contributed by atoms with E-state index in [2.05, 4.69) is 27.2 Å². The number of piperidine rings is 1. The molecule has 3 aliphatic rings. The third-order valence-electron chi connectivity index (χ3n) is 7.77. The van der Waals surface area contributed by atoms with Gasteiger partial charge in [-0.05, 0) is 62.7 Å². The van der Waals surface area contributed by atoms with Gasteiger partial charge in [0.2, 0.25) is 10.0 Å². The Morgan fingerprint density at radius 2 is 1.83 bits per heavy atom. The van der Waals surface area contributed by atoms with Crippen LogP contribution in [-0.2, 0) is 16.6 Å². The summed E-state index contributed by atoms with van der Waals surface area (Å²) < 4.78 is 46.2. The molecule has 9 heteroatoms. The van der Waals surface area contributed by atoms with Crippen molar-refractivity contribution in [2.24, 2.45) is 0 Å². The van der Waals surface area contributed by atoms with Gasteiger partial charge in [0.25, 0.3) is 0 Å². The molecular formula is C26H34FN5O2S. The Balaban J connectivity index is 1.31. The molecule has 35 heavy (non-hydrogen) atoms. The van der Waals surface area contributed by atoms with Gasteiger partial charge in [-0.2, -0.15) is 4.31 Å². The molecule has 7 nitrogen and oxygen atoms in total. The number of hydrogen-bond acceptors (Lipinski definition) is 5. The maximum atomic E-state index is 15.3. The van der Waals surface area contributed by atoms with Crippen molar-refractivity contribution in [1.82, 2.24) is 19.1 Å². The Kier molecular flexibility index (Phi) is 7.07. The summed E-state index contributed by atoms with van der Waals surface area (Å²) >= 11 is 0. The first kappa shape index (κ1) is 24.2. The average molecular weight is 500 g/mol. The van der Waals surface area contributed by atoms with Crippen LogP contribution in [0, 0.1) is 5.82 Å². The van der Waals surface area contributed by atoms with Crippen LogP contribution in [0.25, 0.3) is 0 Å². The molecule has 0 spiro atoms. The number of sulfonamides is 1. The Labute approximate surface area is 207 Å². The third kappa shape index (κ3) is 4.93. The van der Waals surface area contributed by atoms with Gasteiger partial charge in [0.05, 0.1) is 0 Å². The predicted octanol–water partition coefficient (Wildman–Crippen LogP) is 4.61. The second kappa shape index (κ2) is 10.2. The van der Waals surface area contributed by atoms with Crippen LogP contribution in [0.5, 0.6) is 0 Å². The maximum absolute atomic E-state index is 15.3. The highest BCUT2D eigenvalue weighted by Gasteiger charge is 2.42. The second-order valence-electron chi connectivity index (χ2n) is 9.81. The summed E-state index contributed by atoms with van der Waals surface area (Å²) in [5, 5.41) is 7.25. The Bertz CT molecular complexity index is 1190. The fraction of sp³-hybridized carbons (Fsp3) is 0.538. The fourth-order valence-electron chi connectivity index (χ4n) is 5.69. The van der Waals surface area contributed by atoms with Crippen LogP contribution in [0.1, 0.15) is 63.5 Å². The van der Waals surface area contributed by atoms with E-state index in [1.165, 1.54) is 0 Å². The van der Waals surface area contributed by atoms with Crippen molar-refractivity contribution in [3.8, 4) is 0 Å². The Morgan fingerprint density at radius 1 is 1.06 bits per heavy atom. The fourth-order valence-corrected chi connectivity index (χ4v) is 7.96. The van der Waals surface area contributed by atoms with E-state index >= 15 is 4.39 Å². The molecule has 0 N–H and O–H groups in total. The van der Waals surface area contributed by atoms with Gasteiger partial charge >= 0.3 is 0 Å². The molecule has 2 atom stereocenters. The second-order valence-corrected chi connectivity index (χ2v) is 11.9. The minimum atomic E-state index is -3.57. The Morgan fingerprint density at radius 3 is 2.49 bits per heavy atom. The van der Waals surface area contributed by atoms with E-state index in [9.17, 15) is 8.42 Å². The van der Waals surface area contributed by atoms with Crippen LogP contribution in [0.15, 0.2) is 54.7 Å². The molecule has 1 aromatic carbocycles. The van der Waals surface area contributed by atoms with E-state index in [1.807, 2.05) is 23.6 Å². The van der Waals surface area contributed by atoms with Crippen LogP contribution in [0.4, 0.5) is 10.1 Å². The number of anilines is 1. The lowest BCUT2D eigenvalue weighted by molar-refractivity contribution is 0.261. The number of hydrogen-bond donors (Lipinski definition) is 0. The van der Waals surface area contributed by atoms with E-state index in [-0.39, 0.29) is 18.4 Å². The summed E-state index contributed by atoms with van der Waals surface area (Å²) in [6.07, 6.45) is 15.4. The van der Waals surface area contributed by atoms with Gasteiger partial charge in [-0.1, -0.05) is 31.2 Å². The molecule has 3 heterocycles. The molecule has 5 rings (SSSR count). The van der Waals surface area contributed by atoms with Crippen LogP contribution in [0.3, 0.4) is 0 Å². The van der Waals surface area contributed by atoms with Crippen molar-refractivity contribution in [3.63, 3.8) is 0 Å².